The summed E-state index contributed by atoms with van der Waals surface area (Å²) in [6, 6.07) is 12.3. The maximum Gasteiger partial charge on any atom is 0.123 e. The second-order valence-electron chi connectivity index (χ2n) is 4.24. The van der Waals surface area contributed by atoms with Crippen LogP contribution >= 0.6 is 11.6 Å². The van der Waals surface area contributed by atoms with Crippen molar-refractivity contribution in [1.29, 1.82) is 0 Å². The molecule has 2 aromatic carbocycles. The van der Waals surface area contributed by atoms with E-state index in [-0.39, 0.29) is 11.9 Å². The lowest BCUT2D eigenvalue weighted by molar-refractivity contribution is 0.615. The summed E-state index contributed by atoms with van der Waals surface area (Å²) in [5, 5.41) is 3.87. The Morgan fingerprint density at radius 1 is 1.11 bits per heavy atom. The smallest absolute Gasteiger partial charge is 0.123 e. The van der Waals surface area contributed by atoms with Gasteiger partial charge in [0.05, 0.1) is 6.04 Å². The molecule has 0 spiro atoms. The number of hydrogen-bond acceptors (Lipinski definition) is 1. The summed E-state index contributed by atoms with van der Waals surface area (Å²) in [4.78, 5) is 0. The van der Waals surface area contributed by atoms with Crippen LogP contribution in [0.2, 0.25) is 5.02 Å². The quantitative estimate of drug-likeness (QED) is 0.879. The van der Waals surface area contributed by atoms with E-state index in [1.54, 1.807) is 12.1 Å². The minimum absolute atomic E-state index is 0.102. The van der Waals surface area contributed by atoms with Crippen molar-refractivity contribution in [3.63, 3.8) is 0 Å². The molecule has 3 heteroatoms. The SMILES string of the molecule is CNC(c1cc(F)ccc1C)c1ccccc1Cl. The third-order valence-electron chi connectivity index (χ3n) is 3.06. The Morgan fingerprint density at radius 3 is 2.50 bits per heavy atom. The monoisotopic (exact) mass is 263 g/mol. The minimum Gasteiger partial charge on any atom is -0.309 e. The minimum atomic E-state index is -0.233. The Labute approximate surface area is 112 Å². The van der Waals surface area contributed by atoms with Gasteiger partial charge >= 0.3 is 0 Å². The lowest BCUT2D eigenvalue weighted by atomic mass is 9.95. The summed E-state index contributed by atoms with van der Waals surface area (Å²) in [5.74, 6) is -0.233. The fourth-order valence-electron chi connectivity index (χ4n) is 2.11. The molecule has 2 aromatic rings. The second kappa shape index (κ2) is 5.51. The average Bonchev–Trinajstić information content (AvgIpc) is 2.36. The highest BCUT2D eigenvalue weighted by atomic mass is 35.5. The molecule has 0 aliphatic carbocycles. The predicted molar refractivity (Wildman–Crippen MR) is 73.5 cm³/mol. The van der Waals surface area contributed by atoms with Crippen LogP contribution in [-0.2, 0) is 0 Å². The molecule has 94 valence electrons. The molecule has 1 nitrogen and oxygen atoms in total. The van der Waals surface area contributed by atoms with Gasteiger partial charge in [0.2, 0.25) is 0 Å². The number of benzene rings is 2. The van der Waals surface area contributed by atoms with Crippen molar-refractivity contribution in [2.75, 3.05) is 7.05 Å². The standard InChI is InChI=1S/C15H15ClFN/c1-10-7-8-11(17)9-13(10)15(18-2)12-5-3-4-6-14(12)16/h3-9,15,18H,1-2H3. The van der Waals surface area contributed by atoms with E-state index in [2.05, 4.69) is 5.32 Å². The first-order valence-electron chi connectivity index (χ1n) is 5.81. The Kier molecular flexibility index (Phi) is 4.00. The van der Waals surface area contributed by atoms with Gasteiger partial charge in [-0.05, 0) is 48.9 Å². The zero-order chi connectivity index (χ0) is 13.1. The lowest BCUT2D eigenvalue weighted by Gasteiger charge is -2.20. The first kappa shape index (κ1) is 13.1. The van der Waals surface area contributed by atoms with Crippen molar-refractivity contribution < 1.29 is 4.39 Å². The Hall–Kier alpha value is -1.38. The molecule has 1 unspecified atom stereocenters. The number of aryl methyl sites for hydroxylation is 1. The van der Waals surface area contributed by atoms with Crippen molar-refractivity contribution in [3.05, 3.63) is 70.0 Å². The van der Waals surface area contributed by atoms with Gasteiger partial charge in [-0.1, -0.05) is 35.9 Å². The van der Waals surface area contributed by atoms with Gasteiger partial charge in [0, 0.05) is 5.02 Å². The van der Waals surface area contributed by atoms with Crippen molar-refractivity contribution in [3.8, 4) is 0 Å². The van der Waals surface area contributed by atoms with E-state index in [1.165, 1.54) is 6.07 Å². The van der Waals surface area contributed by atoms with Crippen molar-refractivity contribution in [1.82, 2.24) is 5.32 Å². The van der Waals surface area contributed by atoms with Gasteiger partial charge in [-0.2, -0.15) is 0 Å². The summed E-state index contributed by atoms with van der Waals surface area (Å²) >= 11 is 6.21. The van der Waals surface area contributed by atoms with E-state index < -0.39 is 0 Å². The van der Waals surface area contributed by atoms with E-state index in [0.29, 0.717) is 5.02 Å². The van der Waals surface area contributed by atoms with E-state index >= 15 is 0 Å². The number of nitrogens with one attached hydrogen (secondary N) is 1. The van der Waals surface area contributed by atoms with Crippen molar-refractivity contribution >= 4 is 11.6 Å². The van der Waals surface area contributed by atoms with Crippen molar-refractivity contribution in [2.45, 2.75) is 13.0 Å². The molecule has 1 atom stereocenters. The van der Waals surface area contributed by atoms with Gasteiger partial charge in [-0.25, -0.2) is 4.39 Å². The van der Waals surface area contributed by atoms with Gasteiger partial charge in [0.15, 0.2) is 0 Å². The van der Waals surface area contributed by atoms with Crippen molar-refractivity contribution in [2.24, 2.45) is 0 Å². The van der Waals surface area contributed by atoms with Crippen LogP contribution in [0.5, 0.6) is 0 Å². The van der Waals surface area contributed by atoms with Crippen LogP contribution < -0.4 is 5.32 Å². The zero-order valence-corrected chi connectivity index (χ0v) is 11.1. The Balaban J connectivity index is 2.52. The zero-order valence-electron chi connectivity index (χ0n) is 10.4. The molecular formula is C15H15ClFN. The highest BCUT2D eigenvalue weighted by Gasteiger charge is 2.17. The Bertz CT molecular complexity index is 554. The highest BCUT2D eigenvalue weighted by Crippen LogP contribution is 2.30. The molecule has 18 heavy (non-hydrogen) atoms. The highest BCUT2D eigenvalue weighted by molar-refractivity contribution is 6.31. The Morgan fingerprint density at radius 2 is 1.83 bits per heavy atom. The predicted octanol–water partition coefficient (Wildman–Crippen LogP) is 4.10. The van der Waals surface area contributed by atoms with Crippen LogP contribution in [0.3, 0.4) is 0 Å². The molecule has 0 radical (unpaired) electrons. The summed E-state index contributed by atoms with van der Waals surface area (Å²) in [6.45, 7) is 1.97. The number of halogens is 2. The fraction of sp³-hybridized carbons (Fsp3) is 0.200. The summed E-state index contributed by atoms with van der Waals surface area (Å²) < 4.78 is 13.4. The average molecular weight is 264 g/mol. The van der Waals surface area contributed by atoms with Gasteiger partial charge in [0.25, 0.3) is 0 Å². The first-order valence-corrected chi connectivity index (χ1v) is 6.19. The van der Waals surface area contributed by atoms with Crippen LogP contribution in [0.1, 0.15) is 22.7 Å². The first-order chi connectivity index (χ1) is 8.63. The van der Waals surface area contributed by atoms with Crippen LogP contribution in [-0.4, -0.2) is 7.05 Å². The summed E-state index contributed by atoms with van der Waals surface area (Å²) in [7, 11) is 1.85. The van der Waals surface area contributed by atoms with Crippen LogP contribution in [0, 0.1) is 12.7 Å². The van der Waals surface area contributed by atoms with E-state index in [9.17, 15) is 4.39 Å². The van der Waals surface area contributed by atoms with Gasteiger partial charge in [-0.3, -0.25) is 0 Å². The maximum absolute atomic E-state index is 13.4. The van der Waals surface area contributed by atoms with E-state index in [0.717, 1.165) is 16.7 Å². The topological polar surface area (TPSA) is 12.0 Å². The second-order valence-corrected chi connectivity index (χ2v) is 4.65. The molecule has 0 saturated carbocycles. The van der Waals surface area contributed by atoms with E-state index in [4.69, 9.17) is 11.6 Å². The molecule has 0 amide bonds. The fourth-order valence-corrected chi connectivity index (χ4v) is 2.35. The third-order valence-corrected chi connectivity index (χ3v) is 3.40. The normalized spacial score (nSPS) is 12.4. The van der Waals surface area contributed by atoms with E-state index in [1.807, 2.05) is 38.2 Å². The number of hydrogen-bond donors (Lipinski definition) is 1. The molecule has 2 rings (SSSR count). The molecule has 0 saturated heterocycles. The van der Waals surface area contributed by atoms with Crippen LogP contribution in [0.25, 0.3) is 0 Å². The molecule has 0 aromatic heterocycles. The summed E-state index contributed by atoms with van der Waals surface area (Å²) in [6.07, 6.45) is 0. The maximum atomic E-state index is 13.4. The third kappa shape index (κ3) is 2.55. The molecule has 0 aliphatic rings. The van der Waals surface area contributed by atoms with Crippen LogP contribution in [0.4, 0.5) is 4.39 Å². The molecule has 0 fully saturated rings. The van der Waals surface area contributed by atoms with Gasteiger partial charge < -0.3 is 5.32 Å². The van der Waals surface area contributed by atoms with Gasteiger partial charge in [0.1, 0.15) is 5.82 Å². The molecule has 0 bridgehead atoms. The molecule has 0 heterocycles. The lowest BCUT2D eigenvalue weighted by Crippen LogP contribution is -2.19. The van der Waals surface area contributed by atoms with Crippen LogP contribution in [0.15, 0.2) is 42.5 Å². The molecule has 0 aliphatic heterocycles. The number of rotatable bonds is 3. The van der Waals surface area contributed by atoms with Gasteiger partial charge in [-0.15, -0.1) is 0 Å². The summed E-state index contributed by atoms with van der Waals surface area (Å²) in [5.41, 5.74) is 2.90. The molecule has 1 N–H and O–H groups in total. The molecular weight excluding hydrogens is 249 g/mol. The largest absolute Gasteiger partial charge is 0.309 e.